The zero-order valence-electron chi connectivity index (χ0n) is 10.7. The monoisotopic (exact) mass is 234 g/mol. The minimum absolute atomic E-state index is 0.359. The normalized spacial score (nSPS) is 18.9. The Balaban J connectivity index is 1.99. The molecule has 1 aromatic heterocycles. The van der Waals surface area contributed by atoms with E-state index < -0.39 is 0 Å². The Morgan fingerprint density at radius 2 is 2.12 bits per heavy atom. The number of pyridine rings is 1. The minimum atomic E-state index is 0.359. The Morgan fingerprint density at radius 1 is 1.41 bits per heavy atom. The van der Waals surface area contributed by atoms with Gasteiger partial charge in [-0.25, -0.2) is 0 Å². The molecule has 2 unspecified atom stereocenters. The first kappa shape index (κ1) is 12.5. The number of ether oxygens (including phenoxy) is 1. The quantitative estimate of drug-likeness (QED) is 0.784. The second-order valence-corrected chi connectivity index (χ2v) is 4.71. The smallest absolute Gasteiger partial charge is 0.0759 e. The van der Waals surface area contributed by atoms with Crippen LogP contribution in [0.4, 0.5) is 0 Å². The van der Waals surface area contributed by atoms with Crippen LogP contribution in [-0.2, 0) is 11.2 Å². The summed E-state index contributed by atoms with van der Waals surface area (Å²) >= 11 is 0. The van der Waals surface area contributed by atoms with Crippen LogP contribution in [0.1, 0.15) is 25.3 Å². The first-order valence-electron chi connectivity index (χ1n) is 6.53. The zero-order chi connectivity index (χ0) is 12.1. The Bertz CT molecular complexity index is 324. The maximum absolute atomic E-state index is 5.91. The average molecular weight is 234 g/mol. The number of likely N-dealkylation sites (N-methyl/N-ethyl adjacent to an activating group) is 1. The average Bonchev–Trinajstić information content (AvgIpc) is 3.19. The molecule has 0 aliphatic heterocycles. The fourth-order valence-electron chi connectivity index (χ4n) is 2.35. The number of hydrogen-bond acceptors (Lipinski definition) is 3. The summed E-state index contributed by atoms with van der Waals surface area (Å²) in [5.74, 6) is 0.759. The molecule has 0 bridgehead atoms. The molecule has 1 fully saturated rings. The van der Waals surface area contributed by atoms with Crippen LogP contribution in [0.3, 0.4) is 0 Å². The topological polar surface area (TPSA) is 34.1 Å². The number of hydrogen-bond donors (Lipinski definition) is 1. The second kappa shape index (κ2) is 6.12. The molecule has 0 aromatic carbocycles. The van der Waals surface area contributed by atoms with Gasteiger partial charge in [-0.3, -0.25) is 4.98 Å². The van der Waals surface area contributed by atoms with Gasteiger partial charge in [0, 0.05) is 25.0 Å². The van der Waals surface area contributed by atoms with Gasteiger partial charge in [0.15, 0.2) is 0 Å². The van der Waals surface area contributed by atoms with Gasteiger partial charge in [0.1, 0.15) is 0 Å². The fourth-order valence-corrected chi connectivity index (χ4v) is 2.35. The summed E-state index contributed by atoms with van der Waals surface area (Å²) in [5, 5.41) is 3.41. The van der Waals surface area contributed by atoms with Crippen LogP contribution in [0, 0.1) is 5.92 Å². The van der Waals surface area contributed by atoms with E-state index in [1.807, 2.05) is 19.4 Å². The van der Waals surface area contributed by atoms with E-state index >= 15 is 0 Å². The molecule has 3 nitrogen and oxygen atoms in total. The molecule has 17 heavy (non-hydrogen) atoms. The van der Waals surface area contributed by atoms with Gasteiger partial charge >= 0.3 is 0 Å². The van der Waals surface area contributed by atoms with Gasteiger partial charge in [0.05, 0.1) is 6.10 Å². The molecule has 3 heteroatoms. The van der Waals surface area contributed by atoms with E-state index in [9.17, 15) is 0 Å². The van der Waals surface area contributed by atoms with Crippen LogP contribution in [-0.4, -0.2) is 30.8 Å². The van der Waals surface area contributed by atoms with Gasteiger partial charge in [-0.05, 0) is 56.8 Å². The molecule has 0 saturated heterocycles. The highest BCUT2D eigenvalue weighted by atomic mass is 16.5. The predicted molar refractivity (Wildman–Crippen MR) is 68.9 cm³/mol. The van der Waals surface area contributed by atoms with Crippen LogP contribution in [0.25, 0.3) is 0 Å². The molecule has 1 aromatic rings. The fraction of sp³-hybridized carbons (Fsp3) is 0.643. The molecule has 0 spiro atoms. The maximum Gasteiger partial charge on any atom is 0.0759 e. The van der Waals surface area contributed by atoms with Crippen LogP contribution in [0.5, 0.6) is 0 Å². The third-order valence-electron chi connectivity index (χ3n) is 3.42. The Morgan fingerprint density at radius 3 is 2.65 bits per heavy atom. The molecule has 1 saturated carbocycles. The molecular formula is C14H22N2O. The first-order chi connectivity index (χ1) is 8.35. The highest BCUT2D eigenvalue weighted by Gasteiger charge is 2.36. The molecule has 1 heterocycles. The van der Waals surface area contributed by atoms with Crippen LogP contribution in [0.15, 0.2) is 24.5 Å². The second-order valence-electron chi connectivity index (χ2n) is 4.71. The van der Waals surface area contributed by atoms with Gasteiger partial charge in [0.2, 0.25) is 0 Å². The van der Waals surface area contributed by atoms with Gasteiger partial charge in [-0.15, -0.1) is 0 Å². The lowest BCUT2D eigenvalue weighted by atomic mass is 9.99. The lowest BCUT2D eigenvalue weighted by Gasteiger charge is -2.27. The van der Waals surface area contributed by atoms with Crippen molar-refractivity contribution in [3.63, 3.8) is 0 Å². The van der Waals surface area contributed by atoms with E-state index in [4.69, 9.17) is 4.74 Å². The maximum atomic E-state index is 5.91. The Hall–Kier alpha value is -0.930. The van der Waals surface area contributed by atoms with E-state index in [2.05, 4.69) is 29.4 Å². The highest BCUT2D eigenvalue weighted by Crippen LogP contribution is 2.36. The molecule has 0 amide bonds. The summed E-state index contributed by atoms with van der Waals surface area (Å²) < 4.78 is 5.91. The number of aromatic nitrogens is 1. The number of nitrogens with zero attached hydrogens (tertiary/aromatic N) is 1. The molecular weight excluding hydrogens is 212 g/mol. The van der Waals surface area contributed by atoms with E-state index in [1.54, 1.807) is 0 Å². The van der Waals surface area contributed by atoms with Crippen molar-refractivity contribution < 1.29 is 4.74 Å². The van der Waals surface area contributed by atoms with Gasteiger partial charge in [0.25, 0.3) is 0 Å². The van der Waals surface area contributed by atoms with E-state index in [0.717, 1.165) is 18.9 Å². The number of rotatable bonds is 7. The third kappa shape index (κ3) is 3.51. The summed E-state index contributed by atoms with van der Waals surface area (Å²) in [6, 6.07) is 4.57. The van der Waals surface area contributed by atoms with Crippen molar-refractivity contribution in [2.45, 2.75) is 38.3 Å². The van der Waals surface area contributed by atoms with Crippen molar-refractivity contribution in [1.29, 1.82) is 0 Å². The molecule has 2 atom stereocenters. The van der Waals surface area contributed by atoms with Crippen LogP contribution >= 0.6 is 0 Å². The van der Waals surface area contributed by atoms with E-state index in [-0.39, 0.29) is 0 Å². The standard InChI is InChI=1S/C14H22N2O/c1-3-17-14(12-4-5-12)13(15-2)10-11-6-8-16-9-7-11/h6-9,12-15H,3-5,10H2,1-2H3. The van der Waals surface area contributed by atoms with E-state index in [0.29, 0.717) is 12.1 Å². The van der Waals surface area contributed by atoms with Crippen LogP contribution < -0.4 is 5.32 Å². The minimum Gasteiger partial charge on any atom is -0.377 e. The summed E-state index contributed by atoms with van der Waals surface area (Å²) in [7, 11) is 2.03. The van der Waals surface area contributed by atoms with Gasteiger partial charge in [-0.1, -0.05) is 0 Å². The van der Waals surface area contributed by atoms with Gasteiger partial charge < -0.3 is 10.1 Å². The lowest BCUT2D eigenvalue weighted by molar-refractivity contribution is 0.0211. The highest BCUT2D eigenvalue weighted by molar-refractivity contribution is 5.12. The molecule has 2 rings (SSSR count). The molecule has 1 aliphatic carbocycles. The van der Waals surface area contributed by atoms with Crippen molar-refractivity contribution in [2.24, 2.45) is 5.92 Å². The predicted octanol–water partition coefficient (Wildman–Crippen LogP) is 2.03. The lowest BCUT2D eigenvalue weighted by Crippen LogP contribution is -2.42. The van der Waals surface area contributed by atoms with Gasteiger partial charge in [-0.2, -0.15) is 0 Å². The molecule has 1 aliphatic rings. The molecule has 0 radical (unpaired) electrons. The third-order valence-corrected chi connectivity index (χ3v) is 3.42. The summed E-state index contributed by atoms with van der Waals surface area (Å²) in [4.78, 5) is 4.06. The first-order valence-corrected chi connectivity index (χ1v) is 6.53. The van der Waals surface area contributed by atoms with Crippen molar-refractivity contribution in [3.8, 4) is 0 Å². The SMILES string of the molecule is CCOC(C1CC1)C(Cc1ccncc1)NC. The van der Waals surface area contributed by atoms with Crippen LogP contribution in [0.2, 0.25) is 0 Å². The summed E-state index contributed by atoms with van der Waals surface area (Å²) in [6.45, 7) is 2.88. The van der Waals surface area contributed by atoms with Crippen molar-refractivity contribution >= 4 is 0 Å². The summed E-state index contributed by atoms with van der Waals surface area (Å²) in [6.07, 6.45) is 7.72. The molecule has 94 valence electrons. The van der Waals surface area contributed by atoms with E-state index in [1.165, 1.54) is 18.4 Å². The van der Waals surface area contributed by atoms with Crippen molar-refractivity contribution in [2.75, 3.05) is 13.7 Å². The zero-order valence-corrected chi connectivity index (χ0v) is 10.7. The number of nitrogens with one attached hydrogen (secondary N) is 1. The molecule has 1 N–H and O–H groups in total. The Labute approximate surface area is 104 Å². The largest absolute Gasteiger partial charge is 0.377 e. The Kier molecular flexibility index (Phi) is 4.51. The van der Waals surface area contributed by atoms with Crippen molar-refractivity contribution in [3.05, 3.63) is 30.1 Å². The van der Waals surface area contributed by atoms with Crippen molar-refractivity contribution in [1.82, 2.24) is 10.3 Å². The summed E-state index contributed by atoms with van der Waals surface area (Å²) in [5.41, 5.74) is 1.32.